The molecule has 0 radical (unpaired) electrons. The van der Waals surface area contributed by atoms with Gasteiger partial charge in [0.05, 0.1) is 12.7 Å². The number of carbonyl (C=O) groups excluding carboxylic acids is 3. The Kier molecular flexibility index (Phi) is 9.24. The predicted molar refractivity (Wildman–Crippen MR) is 143 cm³/mol. The minimum atomic E-state index is -4.84. The molecule has 3 aromatic rings. The van der Waals surface area contributed by atoms with Gasteiger partial charge in [-0.05, 0) is 31.2 Å². The summed E-state index contributed by atoms with van der Waals surface area (Å²) < 4.78 is 35.7. The van der Waals surface area contributed by atoms with E-state index < -0.39 is 38.0 Å². The molecular weight excluding hydrogens is 585 g/mol. The van der Waals surface area contributed by atoms with Crippen molar-refractivity contribution < 1.29 is 42.4 Å². The minimum absolute atomic E-state index is 0.0182. The number of nitrogens with zero attached hydrogens (tertiary/aromatic N) is 3. The lowest BCUT2D eigenvalue weighted by Crippen LogP contribution is -2.29. The second-order valence-electron chi connectivity index (χ2n) is 9.43. The number of phosphoric acid groups is 1. The third-order valence-corrected chi connectivity index (χ3v) is 6.94. The zero-order valence-corrected chi connectivity index (χ0v) is 23.8. The molecule has 1 amide bonds. The van der Waals surface area contributed by atoms with Gasteiger partial charge in [-0.25, -0.2) is 14.1 Å². The zero-order valence-electron chi connectivity index (χ0n) is 22.1. The first-order chi connectivity index (χ1) is 19.3. The number of H-pyrrole nitrogens is 1. The Labute approximate surface area is 237 Å². The van der Waals surface area contributed by atoms with E-state index in [1.165, 1.54) is 42.1 Å². The average molecular weight is 612 g/mol. The average Bonchev–Trinajstić information content (AvgIpc) is 3.47. The molecule has 1 aliphatic rings. The van der Waals surface area contributed by atoms with E-state index in [2.05, 4.69) is 20.3 Å². The number of imidazole rings is 1. The molecule has 4 atom stereocenters. The van der Waals surface area contributed by atoms with Crippen LogP contribution in [0.4, 0.5) is 5.95 Å². The van der Waals surface area contributed by atoms with Crippen molar-refractivity contribution in [1.82, 2.24) is 19.5 Å². The van der Waals surface area contributed by atoms with Crippen molar-refractivity contribution in [3.63, 3.8) is 0 Å². The summed E-state index contributed by atoms with van der Waals surface area (Å²) in [5.41, 5.74) is -0.693. The second kappa shape index (κ2) is 12.5. The number of fused-ring (bicyclic) bond motifs is 1. The molecule has 1 aromatic carbocycles. The maximum atomic E-state index is 12.8. The number of hydrogen-bond donors (Lipinski definition) is 3. The second-order valence-corrected chi connectivity index (χ2v) is 11.2. The number of halogens is 1. The number of amides is 1. The van der Waals surface area contributed by atoms with Crippen LogP contribution >= 0.6 is 19.4 Å². The quantitative estimate of drug-likeness (QED) is 0.212. The zero-order chi connectivity index (χ0) is 29.9. The molecule has 0 spiro atoms. The van der Waals surface area contributed by atoms with E-state index in [0.717, 1.165) is 0 Å². The predicted octanol–water partition coefficient (Wildman–Crippen LogP) is 3.09. The summed E-state index contributed by atoms with van der Waals surface area (Å²) in [5, 5.41) is 2.88. The highest BCUT2D eigenvalue weighted by Gasteiger charge is 2.45. The number of aromatic nitrogens is 4. The van der Waals surface area contributed by atoms with Crippen molar-refractivity contribution >= 4 is 54.2 Å². The number of anilines is 1. The molecule has 4 rings (SSSR count). The van der Waals surface area contributed by atoms with Crippen molar-refractivity contribution in [1.29, 1.82) is 0 Å². The van der Waals surface area contributed by atoms with Gasteiger partial charge in [-0.3, -0.25) is 34.1 Å². The molecule has 0 saturated carbocycles. The summed E-state index contributed by atoms with van der Waals surface area (Å²) in [4.78, 5) is 69.6. The van der Waals surface area contributed by atoms with Crippen LogP contribution in [-0.2, 0) is 32.9 Å². The number of esters is 1. The summed E-state index contributed by atoms with van der Waals surface area (Å²) in [7, 11) is -4.84. The molecule has 41 heavy (non-hydrogen) atoms. The number of Topliss-reactive ketones (excluding diaryl/α,β-unsaturated/α-hetero) is 1. The first kappa shape index (κ1) is 30.3. The first-order valence-corrected chi connectivity index (χ1v) is 14.3. The van der Waals surface area contributed by atoms with E-state index in [1.54, 1.807) is 13.8 Å². The van der Waals surface area contributed by atoms with Gasteiger partial charge in [0, 0.05) is 23.8 Å². The van der Waals surface area contributed by atoms with Gasteiger partial charge in [0.15, 0.2) is 17.3 Å². The molecule has 1 aliphatic heterocycles. The van der Waals surface area contributed by atoms with Crippen LogP contribution in [0.2, 0.25) is 5.02 Å². The third kappa shape index (κ3) is 7.77. The van der Waals surface area contributed by atoms with E-state index in [9.17, 15) is 28.6 Å². The summed E-state index contributed by atoms with van der Waals surface area (Å²) in [6, 6.07) is 5.58. The van der Waals surface area contributed by atoms with E-state index in [-0.39, 0.29) is 59.7 Å². The molecule has 220 valence electrons. The number of phosphoric ester groups is 1. The van der Waals surface area contributed by atoms with Crippen LogP contribution in [0.5, 0.6) is 5.75 Å². The summed E-state index contributed by atoms with van der Waals surface area (Å²) in [6.45, 7) is 4.65. The third-order valence-electron chi connectivity index (χ3n) is 5.77. The van der Waals surface area contributed by atoms with Gasteiger partial charge in [-0.1, -0.05) is 25.4 Å². The highest BCUT2D eigenvalue weighted by Crippen LogP contribution is 2.48. The molecule has 0 aliphatic carbocycles. The van der Waals surface area contributed by atoms with Crippen molar-refractivity contribution in [2.45, 2.75) is 58.7 Å². The van der Waals surface area contributed by atoms with E-state index in [0.29, 0.717) is 5.02 Å². The maximum absolute atomic E-state index is 12.8. The van der Waals surface area contributed by atoms with Crippen LogP contribution in [0.15, 0.2) is 35.4 Å². The molecular formula is C24H27ClN5O10P. The normalized spacial score (nSPS) is 20.1. The van der Waals surface area contributed by atoms with Gasteiger partial charge in [0.1, 0.15) is 17.8 Å². The molecule has 1 saturated heterocycles. The largest absolute Gasteiger partial charge is 0.529 e. The Morgan fingerprint density at radius 2 is 1.98 bits per heavy atom. The maximum Gasteiger partial charge on any atom is 0.529 e. The van der Waals surface area contributed by atoms with Crippen LogP contribution in [0.3, 0.4) is 0 Å². The Morgan fingerprint density at radius 1 is 1.27 bits per heavy atom. The number of rotatable bonds is 11. The van der Waals surface area contributed by atoms with Crippen molar-refractivity contribution in [2.75, 3.05) is 5.32 Å². The molecule has 2 aromatic heterocycles. The van der Waals surface area contributed by atoms with Crippen molar-refractivity contribution in [3.8, 4) is 5.75 Å². The lowest BCUT2D eigenvalue weighted by Gasteiger charge is -2.21. The van der Waals surface area contributed by atoms with Crippen LogP contribution < -0.4 is 15.4 Å². The minimum Gasteiger partial charge on any atom is -0.457 e. The Bertz CT molecular complexity index is 1560. The van der Waals surface area contributed by atoms with Gasteiger partial charge < -0.3 is 18.8 Å². The van der Waals surface area contributed by atoms with Crippen molar-refractivity contribution in [2.24, 2.45) is 5.92 Å². The summed E-state index contributed by atoms with van der Waals surface area (Å²) in [6.07, 6.45) is -3.06. The molecule has 1 unspecified atom stereocenters. The topological polar surface area (TPSA) is 201 Å². The number of ketones is 1. The van der Waals surface area contributed by atoms with E-state index in [1.807, 2.05) is 0 Å². The number of hydrogen-bond acceptors (Lipinski definition) is 11. The van der Waals surface area contributed by atoms with Gasteiger partial charge in [-0.2, -0.15) is 4.98 Å². The number of nitrogens with one attached hydrogen (secondary N) is 2. The number of carbonyl (C=O) groups is 3. The number of benzene rings is 1. The summed E-state index contributed by atoms with van der Waals surface area (Å²) >= 11 is 5.83. The van der Waals surface area contributed by atoms with E-state index in [4.69, 9.17) is 30.1 Å². The molecule has 3 heterocycles. The lowest BCUT2D eigenvalue weighted by molar-refractivity contribution is -0.169. The van der Waals surface area contributed by atoms with E-state index >= 15 is 0 Å². The highest BCUT2D eigenvalue weighted by atomic mass is 35.5. The Hall–Kier alpha value is -3.62. The Morgan fingerprint density at radius 3 is 2.63 bits per heavy atom. The lowest BCUT2D eigenvalue weighted by atomic mass is 10.2. The standard InChI is InChI=1S/C24H27ClN5O10P/c1-12(2)21(33)28-24-27-20-19(22(34)29-24)26-11-30(20)17-10-16(37-18(32)9-4-13(3)31)23(38-17)40-41(35,36)39-15-7-5-14(25)6-8-15/h5-8,11-12,16-17,23H,4,9-10H2,1-3H3,(H,35,36)(H2,27,28,29,33,34)/t16-,17+,23-/m1/s1. The molecule has 15 nitrogen and oxygen atoms in total. The molecule has 3 N–H and O–H groups in total. The van der Waals surface area contributed by atoms with Gasteiger partial charge in [0.2, 0.25) is 18.1 Å². The smallest absolute Gasteiger partial charge is 0.457 e. The summed E-state index contributed by atoms with van der Waals surface area (Å²) in [5.74, 6) is -1.92. The number of aromatic amines is 1. The van der Waals surface area contributed by atoms with Crippen LogP contribution in [-0.4, -0.2) is 54.5 Å². The van der Waals surface area contributed by atoms with Gasteiger partial charge >= 0.3 is 13.8 Å². The SMILES string of the molecule is CC(=O)CCC(=O)O[C@@H]1C[C@@H](n2cnc3c(=O)[nH]c(NC(=O)C(C)C)nc32)O[C@@H]1OP(=O)(O)Oc1ccc(Cl)cc1. The molecule has 17 heteroatoms. The monoisotopic (exact) mass is 611 g/mol. The molecule has 0 bridgehead atoms. The molecule has 1 fully saturated rings. The fourth-order valence-corrected chi connectivity index (χ4v) is 4.73. The highest BCUT2D eigenvalue weighted by molar-refractivity contribution is 7.47. The van der Waals surface area contributed by atoms with Crippen molar-refractivity contribution in [3.05, 3.63) is 46.0 Å². The first-order valence-electron chi connectivity index (χ1n) is 12.4. The van der Waals surface area contributed by atoms with Gasteiger partial charge in [-0.15, -0.1) is 0 Å². The van der Waals surface area contributed by atoms with Crippen LogP contribution in [0, 0.1) is 5.92 Å². The number of ether oxygens (including phenoxy) is 2. The fourth-order valence-electron chi connectivity index (χ4n) is 3.73. The Balaban J connectivity index is 1.60. The van der Waals surface area contributed by atoms with Crippen LogP contribution in [0.25, 0.3) is 11.2 Å². The van der Waals surface area contributed by atoms with Gasteiger partial charge in [0.25, 0.3) is 5.56 Å². The van der Waals surface area contributed by atoms with Crippen LogP contribution in [0.1, 0.15) is 46.3 Å². The fraction of sp³-hybridized carbons (Fsp3) is 0.417.